The monoisotopic (exact) mass is 211 g/mol. The van der Waals surface area contributed by atoms with Crippen LogP contribution in [0.2, 0.25) is 0 Å². The van der Waals surface area contributed by atoms with Crippen molar-refractivity contribution in [2.45, 2.75) is 45.2 Å². The van der Waals surface area contributed by atoms with E-state index >= 15 is 0 Å². The molecule has 0 unspecified atom stereocenters. The molecule has 0 N–H and O–H groups in total. The van der Waals surface area contributed by atoms with Crippen LogP contribution >= 0.6 is 10.7 Å². The first kappa shape index (κ1) is 10.3. The molecule has 0 aromatic rings. The van der Waals surface area contributed by atoms with Crippen LogP contribution in [0.15, 0.2) is 0 Å². The van der Waals surface area contributed by atoms with Gasteiger partial charge in [-0.2, -0.15) is 12.7 Å². The molecule has 0 saturated carbocycles. The van der Waals surface area contributed by atoms with Crippen molar-refractivity contribution in [3.63, 3.8) is 0 Å². The van der Waals surface area contributed by atoms with Crippen LogP contribution in [0.3, 0.4) is 0 Å². The molecule has 1 aliphatic heterocycles. The molecule has 2 atom stereocenters. The predicted octanol–water partition coefficient (Wildman–Crippen LogP) is 1.73. The third-order valence-corrected chi connectivity index (χ3v) is 4.07. The van der Waals surface area contributed by atoms with Gasteiger partial charge in [0.2, 0.25) is 0 Å². The van der Waals surface area contributed by atoms with Crippen LogP contribution in [-0.4, -0.2) is 24.8 Å². The number of rotatable bonds is 1. The van der Waals surface area contributed by atoms with Crippen molar-refractivity contribution in [1.29, 1.82) is 0 Å². The first-order valence-electron chi connectivity index (χ1n) is 4.16. The molecule has 1 fully saturated rings. The Kier molecular flexibility index (Phi) is 3.01. The molecule has 1 rings (SSSR count). The maximum Gasteiger partial charge on any atom is 0.300 e. The molecule has 0 radical (unpaired) electrons. The highest BCUT2D eigenvalue weighted by atomic mass is 35.7. The highest BCUT2D eigenvalue weighted by molar-refractivity contribution is 8.11. The van der Waals surface area contributed by atoms with E-state index in [1.807, 2.05) is 13.8 Å². The minimum absolute atomic E-state index is 0.0521. The largest absolute Gasteiger partial charge is 0.300 e. The third-order valence-electron chi connectivity index (χ3n) is 2.36. The van der Waals surface area contributed by atoms with Crippen LogP contribution in [0, 0.1) is 0 Å². The first-order chi connectivity index (χ1) is 5.43. The van der Waals surface area contributed by atoms with Gasteiger partial charge in [0.25, 0.3) is 9.24 Å². The van der Waals surface area contributed by atoms with Gasteiger partial charge in [0.15, 0.2) is 0 Å². The maximum atomic E-state index is 11.1. The Morgan fingerprint density at radius 2 is 1.67 bits per heavy atom. The van der Waals surface area contributed by atoms with E-state index in [-0.39, 0.29) is 12.1 Å². The van der Waals surface area contributed by atoms with Gasteiger partial charge in [-0.15, -0.1) is 0 Å². The maximum absolute atomic E-state index is 11.1. The average Bonchev–Trinajstić information content (AvgIpc) is 1.82. The smallest absolute Gasteiger partial charge is 0.195 e. The lowest BCUT2D eigenvalue weighted by molar-refractivity contribution is 0.208. The van der Waals surface area contributed by atoms with E-state index in [1.54, 1.807) is 0 Å². The van der Waals surface area contributed by atoms with E-state index in [4.69, 9.17) is 10.7 Å². The van der Waals surface area contributed by atoms with Crippen LogP contribution in [-0.2, 0) is 9.24 Å². The summed E-state index contributed by atoms with van der Waals surface area (Å²) in [6.07, 6.45) is 2.91. The quantitative estimate of drug-likeness (QED) is 0.620. The van der Waals surface area contributed by atoms with Crippen molar-refractivity contribution >= 4 is 19.9 Å². The fourth-order valence-corrected chi connectivity index (χ4v) is 3.71. The molecule has 0 spiro atoms. The minimum Gasteiger partial charge on any atom is -0.195 e. The van der Waals surface area contributed by atoms with Gasteiger partial charge in [-0.05, 0) is 26.7 Å². The van der Waals surface area contributed by atoms with Gasteiger partial charge in [-0.3, -0.25) is 0 Å². The SMILES string of the molecule is C[C@@H]1CCC[C@H](C)N1S(=O)(=O)Cl. The average molecular weight is 212 g/mol. The van der Waals surface area contributed by atoms with Gasteiger partial charge in [0.1, 0.15) is 0 Å². The Morgan fingerprint density at radius 1 is 1.25 bits per heavy atom. The molecule has 0 aromatic heterocycles. The molecule has 1 saturated heterocycles. The summed E-state index contributed by atoms with van der Waals surface area (Å²) < 4.78 is 23.6. The Balaban J connectivity index is 2.84. The lowest BCUT2D eigenvalue weighted by Gasteiger charge is -2.35. The van der Waals surface area contributed by atoms with Crippen molar-refractivity contribution in [2.75, 3.05) is 0 Å². The summed E-state index contributed by atoms with van der Waals surface area (Å²) in [4.78, 5) is 0. The molecule has 5 heteroatoms. The molecule has 0 bridgehead atoms. The molecule has 3 nitrogen and oxygen atoms in total. The minimum atomic E-state index is -3.52. The highest BCUT2D eigenvalue weighted by Crippen LogP contribution is 2.26. The van der Waals surface area contributed by atoms with E-state index in [9.17, 15) is 8.42 Å². The summed E-state index contributed by atoms with van der Waals surface area (Å²) >= 11 is 0. The fraction of sp³-hybridized carbons (Fsp3) is 1.00. The van der Waals surface area contributed by atoms with E-state index < -0.39 is 9.24 Å². The second kappa shape index (κ2) is 3.52. The topological polar surface area (TPSA) is 37.4 Å². The molecular formula is C7H14ClNO2S. The van der Waals surface area contributed by atoms with Gasteiger partial charge in [0, 0.05) is 22.8 Å². The molecule has 1 aliphatic rings. The van der Waals surface area contributed by atoms with Gasteiger partial charge < -0.3 is 0 Å². The van der Waals surface area contributed by atoms with E-state index in [2.05, 4.69) is 0 Å². The number of halogens is 1. The van der Waals surface area contributed by atoms with E-state index in [0.717, 1.165) is 19.3 Å². The Morgan fingerprint density at radius 3 is 1.92 bits per heavy atom. The van der Waals surface area contributed by atoms with Crippen molar-refractivity contribution < 1.29 is 8.42 Å². The molecule has 72 valence electrons. The fourth-order valence-electron chi connectivity index (χ4n) is 1.83. The van der Waals surface area contributed by atoms with Crippen LogP contribution in [0.1, 0.15) is 33.1 Å². The second-order valence-electron chi connectivity index (χ2n) is 3.40. The lowest BCUT2D eigenvalue weighted by atomic mass is 10.0. The van der Waals surface area contributed by atoms with Crippen molar-refractivity contribution in [1.82, 2.24) is 4.31 Å². The zero-order valence-corrected chi connectivity index (χ0v) is 8.90. The Bertz CT molecular complexity index is 242. The summed E-state index contributed by atoms with van der Waals surface area (Å²) in [7, 11) is 1.78. The number of hydrogen-bond donors (Lipinski definition) is 0. The van der Waals surface area contributed by atoms with Gasteiger partial charge in [0.05, 0.1) is 0 Å². The van der Waals surface area contributed by atoms with Crippen molar-refractivity contribution in [3.05, 3.63) is 0 Å². The zero-order chi connectivity index (χ0) is 9.35. The first-order valence-corrected chi connectivity index (χ1v) is 6.42. The van der Waals surface area contributed by atoms with Gasteiger partial charge in [-0.1, -0.05) is 6.42 Å². The summed E-state index contributed by atoms with van der Waals surface area (Å²) in [6, 6.07) is 0.104. The van der Waals surface area contributed by atoms with Crippen LogP contribution < -0.4 is 0 Å². The second-order valence-corrected chi connectivity index (χ2v) is 5.82. The van der Waals surface area contributed by atoms with Crippen molar-refractivity contribution in [3.8, 4) is 0 Å². The molecule has 1 heterocycles. The Labute approximate surface area is 78.3 Å². The number of piperidine rings is 1. The molecule has 0 aromatic carbocycles. The molecule has 0 amide bonds. The molecule has 0 aliphatic carbocycles. The third kappa shape index (κ3) is 2.12. The summed E-state index contributed by atoms with van der Waals surface area (Å²) in [5.41, 5.74) is 0. The van der Waals surface area contributed by atoms with Crippen molar-refractivity contribution in [2.24, 2.45) is 0 Å². The van der Waals surface area contributed by atoms with Crippen LogP contribution in [0.5, 0.6) is 0 Å². The standard InChI is InChI=1S/C7H14ClNO2S/c1-6-4-3-5-7(2)9(6)12(8,10)11/h6-7H,3-5H2,1-2H3/t6-,7+. The predicted molar refractivity (Wildman–Crippen MR) is 49.4 cm³/mol. The van der Waals surface area contributed by atoms with Gasteiger partial charge >= 0.3 is 0 Å². The van der Waals surface area contributed by atoms with Crippen LogP contribution in [0.25, 0.3) is 0 Å². The molecular weight excluding hydrogens is 198 g/mol. The van der Waals surface area contributed by atoms with Gasteiger partial charge in [-0.25, -0.2) is 0 Å². The number of hydrogen-bond acceptors (Lipinski definition) is 2. The lowest BCUT2D eigenvalue weighted by Crippen LogP contribution is -2.45. The normalized spacial score (nSPS) is 33.6. The Hall–Kier alpha value is 0.200. The van der Waals surface area contributed by atoms with Crippen LogP contribution in [0.4, 0.5) is 0 Å². The zero-order valence-electron chi connectivity index (χ0n) is 7.33. The van der Waals surface area contributed by atoms with E-state index in [0.29, 0.717) is 0 Å². The highest BCUT2D eigenvalue weighted by Gasteiger charge is 2.32. The number of nitrogens with zero attached hydrogens (tertiary/aromatic N) is 1. The summed E-state index contributed by atoms with van der Waals surface area (Å²) in [5.74, 6) is 0. The summed E-state index contributed by atoms with van der Waals surface area (Å²) in [6.45, 7) is 3.80. The molecule has 12 heavy (non-hydrogen) atoms. The van der Waals surface area contributed by atoms with E-state index in [1.165, 1.54) is 4.31 Å². The summed E-state index contributed by atoms with van der Waals surface area (Å²) in [5, 5.41) is 0.